The predicted octanol–water partition coefficient (Wildman–Crippen LogP) is 4.86. The smallest absolute Gasteiger partial charge is 0.126 e. The molecule has 0 saturated carbocycles. The van der Waals surface area contributed by atoms with Gasteiger partial charge in [0.05, 0.1) is 10.7 Å². The Kier molecular flexibility index (Phi) is 5.37. The van der Waals surface area contributed by atoms with Crippen LogP contribution in [0.4, 0.5) is 5.82 Å². The van der Waals surface area contributed by atoms with Crippen LogP contribution >= 0.6 is 35.0 Å². The average molecular weight is 313 g/mol. The van der Waals surface area contributed by atoms with Gasteiger partial charge in [-0.25, -0.2) is 4.98 Å². The molecule has 1 heterocycles. The number of pyridine rings is 1. The highest BCUT2D eigenvalue weighted by Crippen LogP contribution is 2.24. The molecule has 1 aromatic carbocycles. The van der Waals surface area contributed by atoms with Crippen molar-refractivity contribution >= 4 is 40.8 Å². The van der Waals surface area contributed by atoms with Gasteiger partial charge >= 0.3 is 0 Å². The van der Waals surface area contributed by atoms with Crippen LogP contribution in [0.3, 0.4) is 0 Å². The van der Waals surface area contributed by atoms with E-state index in [1.807, 2.05) is 43.4 Å². The fourth-order valence-electron chi connectivity index (χ4n) is 1.57. The Balaban J connectivity index is 1.93. The van der Waals surface area contributed by atoms with Crippen LogP contribution in [-0.4, -0.2) is 12.0 Å². The van der Waals surface area contributed by atoms with E-state index >= 15 is 0 Å². The Morgan fingerprint density at radius 2 is 1.79 bits per heavy atom. The van der Waals surface area contributed by atoms with Crippen LogP contribution in [0.1, 0.15) is 11.3 Å². The van der Waals surface area contributed by atoms with E-state index in [-0.39, 0.29) is 0 Å². The Morgan fingerprint density at radius 3 is 2.47 bits per heavy atom. The first-order chi connectivity index (χ1) is 9.19. The highest BCUT2D eigenvalue weighted by Gasteiger charge is 2.04. The van der Waals surface area contributed by atoms with Crippen molar-refractivity contribution in [1.82, 2.24) is 4.98 Å². The third-order valence-electron chi connectivity index (χ3n) is 2.60. The summed E-state index contributed by atoms with van der Waals surface area (Å²) in [5, 5.41) is 4.49. The lowest BCUT2D eigenvalue weighted by Crippen LogP contribution is -1.96. The standard InChI is InChI=1S/C14H14Cl2N2S/c1-17-14-7-6-12(16)13(18-14)9-19-8-10-2-4-11(15)5-3-10/h2-7H,8-9H2,1H3,(H,17,18). The molecule has 5 heteroatoms. The number of nitrogens with zero attached hydrogens (tertiary/aromatic N) is 1. The Morgan fingerprint density at radius 1 is 1.05 bits per heavy atom. The molecule has 0 aliphatic rings. The molecule has 2 nitrogen and oxygen atoms in total. The van der Waals surface area contributed by atoms with Crippen LogP contribution < -0.4 is 5.32 Å². The largest absolute Gasteiger partial charge is 0.373 e. The lowest BCUT2D eigenvalue weighted by molar-refractivity contribution is 1.16. The molecule has 0 unspecified atom stereocenters. The monoisotopic (exact) mass is 312 g/mol. The van der Waals surface area contributed by atoms with Gasteiger partial charge in [0.15, 0.2) is 0 Å². The van der Waals surface area contributed by atoms with Gasteiger partial charge in [0.1, 0.15) is 5.82 Å². The highest BCUT2D eigenvalue weighted by molar-refractivity contribution is 7.97. The molecule has 0 radical (unpaired) electrons. The molecule has 1 N–H and O–H groups in total. The summed E-state index contributed by atoms with van der Waals surface area (Å²) >= 11 is 13.8. The minimum atomic E-state index is 0.711. The molecule has 0 fully saturated rings. The summed E-state index contributed by atoms with van der Waals surface area (Å²) in [4.78, 5) is 4.45. The highest BCUT2D eigenvalue weighted by atomic mass is 35.5. The van der Waals surface area contributed by atoms with E-state index in [0.29, 0.717) is 5.02 Å². The van der Waals surface area contributed by atoms with Gasteiger partial charge < -0.3 is 5.32 Å². The van der Waals surface area contributed by atoms with Crippen LogP contribution in [0, 0.1) is 0 Å². The van der Waals surface area contributed by atoms with E-state index in [1.165, 1.54) is 5.56 Å². The predicted molar refractivity (Wildman–Crippen MR) is 85.2 cm³/mol. The van der Waals surface area contributed by atoms with E-state index in [0.717, 1.165) is 28.0 Å². The van der Waals surface area contributed by atoms with Gasteiger partial charge in [-0.1, -0.05) is 35.3 Å². The summed E-state index contributed by atoms with van der Waals surface area (Å²) in [5.41, 5.74) is 2.16. The number of hydrogen-bond acceptors (Lipinski definition) is 3. The SMILES string of the molecule is CNc1ccc(Cl)c(CSCc2ccc(Cl)cc2)n1. The van der Waals surface area contributed by atoms with Gasteiger partial charge in [0.25, 0.3) is 0 Å². The quantitative estimate of drug-likeness (QED) is 0.853. The van der Waals surface area contributed by atoms with Crippen LogP contribution in [0.25, 0.3) is 0 Å². The maximum absolute atomic E-state index is 6.13. The summed E-state index contributed by atoms with van der Waals surface area (Å²) in [6.07, 6.45) is 0. The van der Waals surface area contributed by atoms with Gasteiger partial charge in [-0.05, 0) is 29.8 Å². The third kappa shape index (κ3) is 4.30. The van der Waals surface area contributed by atoms with E-state index < -0.39 is 0 Å². The maximum Gasteiger partial charge on any atom is 0.126 e. The number of aromatic nitrogens is 1. The molecule has 0 saturated heterocycles. The van der Waals surface area contributed by atoms with E-state index in [9.17, 15) is 0 Å². The number of benzene rings is 1. The Labute approximate surface area is 127 Å². The van der Waals surface area contributed by atoms with Crippen molar-refractivity contribution in [3.8, 4) is 0 Å². The first-order valence-corrected chi connectivity index (χ1v) is 7.75. The zero-order chi connectivity index (χ0) is 13.7. The molecular weight excluding hydrogens is 299 g/mol. The first kappa shape index (κ1) is 14.5. The molecule has 100 valence electrons. The number of rotatable bonds is 5. The molecule has 2 aromatic rings. The van der Waals surface area contributed by atoms with Gasteiger partial charge in [0.2, 0.25) is 0 Å². The van der Waals surface area contributed by atoms with Crippen LogP contribution in [0.5, 0.6) is 0 Å². The second-order valence-corrected chi connectivity index (χ2v) is 5.82. The van der Waals surface area contributed by atoms with Crippen molar-refractivity contribution in [2.45, 2.75) is 11.5 Å². The van der Waals surface area contributed by atoms with E-state index in [2.05, 4.69) is 10.3 Å². The lowest BCUT2D eigenvalue weighted by atomic mass is 10.2. The number of thioether (sulfide) groups is 1. The summed E-state index contributed by atoms with van der Waals surface area (Å²) in [5.74, 6) is 2.54. The topological polar surface area (TPSA) is 24.9 Å². The van der Waals surface area contributed by atoms with Crippen LogP contribution in [0.2, 0.25) is 10.0 Å². The molecule has 0 aliphatic heterocycles. The number of nitrogens with one attached hydrogen (secondary N) is 1. The molecular formula is C14H14Cl2N2S. The van der Waals surface area contributed by atoms with E-state index in [1.54, 1.807) is 11.8 Å². The van der Waals surface area contributed by atoms with Crippen molar-refractivity contribution in [1.29, 1.82) is 0 Å². The van der Waals surface area contributed by atoms with Crippen molar-refractivity contribution in [3.05, 3.63) is 57.7 Å². The molecule has 2 rings (SSSR count). The molecule has 0 atom stereocenters. The zero-order valence-corrected chi connectivity index (χ0v) is 12.8. The minimum Gasteiger partial charge on any atom is -0.373 e. The second-order valence-electron chi connectivity index (χ2n) is 3.99. The van der Waals surface area contributed by atoms with Crippen molar-refractivity contribution in [2.24, 2.45) is 0 Å². The van der Waals surface area contributed by atoms with E-state index in [4.69, 9.17) is 23.2 Å². The summed E-state index contributed by atoms with van der Waals surface area (Å²) in [6, 6.07) is 11.6. The maximum atomic E-state index is 6.13. The third-order valence-corrected chi connectivity index (χ3v) is 4.21. The van der Waals surface area contributed by atoms with Crippen LogP contribution in [-0.2, 0) is 11.5 Å². The molecule has 0 spiro atoms. The summed E-state index contributed by atoms with van der Waals surface area (Å²) in [7, 11) is 1.85. The fourth-order valence-corrected chi connectivity index (χ4v) is 2.89. The number of hydrogen-bond donors (Lipinski definition) is 1. The number of halogens is 2. The summed E-state index contributed by atoms with van der Waals surface area (Å²) < 4.78 is 0. The minimum absolute atomic E-state index is 0.711. The normalized spacial score (nSPS) is 10.5. The van der Waals surface area contributed by atoms with Crippen molar-refractivity contribution in [2.75, 3.05) is 12.4 Å². The van der Waals surface area contributed by atoms with Crippen molar-refractivity contribution in [3.63, 3.8) is 0 Å². The first-order valence-electron chi connectivity index (χ1n) is 5.84. The molecule has 19 heavy (non-hydrogen) atoms. The average Bonchev–Trinajstić information content (AvgIpc) is 2.43. The Bertz CT molecular complexity index is 544. The zero-order valence-electron chi connectivity index (χ0n) is 10.5. The molecule has 0 aliphatic carbocycles. The lowest BCUT2D eigenvalue weighted by Gasteiger charge is -2.06. The van der Waals surface area contributed by atoms with Crippen molar-refractivity contribution < 1.29 is 0 Å². The van der Waals surface area contributed by atoms with Crippen LogP contribution in [0.15, 0.2) is 36.4 Å². The molecule has 1 aromatic heterocycles. The fraction of sp³-hybridized carbons (Fsp3) is 0.214. The van der Waals surface area contributed by atoms with Gasteiger partial charge in [-0.15, -0.1) is 0 Å². The summed E-state index contributed by atoms with van der Waals surface area (Å²) in [6.45, 7) is 0. The molecule has 0 amide bonds. The molecule has 0 bridgehead atoms. The van der Waals surface area contributed by atoms with Gasteiger partial charge in [-0.2, -0.15) is 11.8 Å². The second kappa shape index (κ2) is 7.04. The number of anilines is 1. The van der Waals surface area contributed by atoms with Gasteiger partial charge in [0, 0.05) is 23.6 Å². The van der Waals surface area contributed by atoms with Gasteiger partial charge in [-0.3, -0.25) is 0 Å². The Hall–Kier alpha value is -0.900.